The van der Waals surface area contributed by atoms with E-state index >= 15 is 0 Å². The standard InChI is InChI=1S/C12H23N3O2/c1-12(2,3)17-11(16)14-4-5-15-9(7-13)6-10(15)8-14/h9-10H,4-8,13H2,1-3H3/t9-,10-/m0/s1. The summed E-state index contributed by atoms with van der Waals surface area (Å²) < 4.78 is 5.38. The molecule has 17 heavy (non-hydrogen) atoms. The Labute approximate surface area is 103 Å². The zero-order valence-corrected chi connectivity index (χ0v) is 11.0. The van der Waals surface area contributed by atoms with E-state index in [1.807, 2.05) is 25.7 Å². The summed E-state index contributed by atoms with van der Waals surface area (Å²) >= 11 is 0. The van der Waals surface area contributed by atoms with Crippen LogP contribution in [0.25, 0.3) is 0 Å². The SMILES string of the molecule is CC(C)(C)OC(=O)N1CCN2[C@H](CN)C[C@H]2C1. The molecular formula is C12H23N3O2. The first-order valence-electron chi connectivity index (χ1n) is 6.34. The lowest BCUT2D eigenvalue weighted by Gasteiger charge is -2.53. The van der Waals surface area contributed by atoms with Gasteiger partial charge in [0.1, 0.15) is 5.60 Å². The number of carbonyl (C=O) groups is 1. The highest BCUT2D eigenvalue weighted by molar-refractivity contribution is 5.68. The molecule has 0 saturated carbocycles. The highest BCUT2D eigenvalue weighted by atomic mass is 16.6. The van der Waals surface area contributed by atoms with Gasteiger partial charge in [0.05, 0.1) is 0 Å². The fourth-order valence-corrected chi connectivity index (χ4v) is 2.60. The Morgan fingerprint density at radius 3 is 2.65 bits per heavy atom. The van der Waals surface area contributed by atoms with Gasteiger partial charge >= 0.3 is 6.09 Å². The lowest BCUT2D eigenvalue weighted by atomic mass is 9.90. The van der Waals surface area contributed by atoms with Gasteiger partial charge in [-0.05, 0) is 27.2 Å². The Bertz CT molecular complexity index is 301. The highest BCUT2D eigenvalue weighted by Gasteiger charge is 2.42. The van der Waals surface area contributed by atoms with E-state index in [0.717, 1.165) is 32.6 Å². The molecule has 0 radical (unpaired) electrons. The van der Waals surface area contributed by atoms with Gasteiger partial charge in [0.2, 0.25) is 0 Å². The Morgan fingerprint density at radius 2 is 2.12 bits per heavy atom. The molecule has 2 heterocycles. The van der Waals surface area contributed by atoms with E-state index in [0.29, 0.717) is 12.1 Å². The highest BCUT2D eigenvalue weighted by Crippen LogP contribution is 2.29. The molecule has 0 bridgehead atoms. The van der Waals surface area contributed by atoms with E-state index in [2.05, 4.69) is 4.90 Å². The van der Waals surface area contributed by atoms with Crippen molar-refractivity contribution in [3.8, 4) is 0 Å². The van der Waals surface area contributed by atoms with Crippen molar-refractivity contribution >= 4 is 6.09 Å². The maximum atomic E-state index is 11.9. The van der Waals surface area contributed by atoms with Crippen molar-refractivity contribution in [2.24, 2.45) is 5.73 Å². The second kappa shape index (κ2) is 4.46. The van der Waals surface area contributed by atoms with E-state index in [1.54, 1.807) is 0 Å². The number of hydrogen-bond acceptors (Lipinski definition) is 4. The Hall–Kier alpha value is -0.810. The van der Waals surface area contributed by atoms with Gasteiger partial charge in [-0.25, -0.2) is 4.79 Å². The minimum absolute atomic E-state index is 0.187. The summed E-state index contributed by atoms with van der Waals surface area (Å²) in [7, 11) is 0. The number of piperazine rings is 1. The van der Waals surface area contributed by atoms with E-state index in [1.165, 1.54) is 0 Å². The number of rotatable bonds is 1. The van der Waals surface area contributed by atoms with Crippen LogP contribution in [0.4, 0.5) is 4.79 Å². The average molecular weight is 241 g/mol. The van der Waals surface area contributed by atoms with Gasteiger partial charge in [-0.15, -0.1) is 0 Å². The van der Waals surface area contributed by atoms with Crippen molar-refractivity contribution in [1.29, 1.82) is 0 Å². The Kier molecular flexibility index (Phi) is 3.32. The predicted octanol–water partition coefficient (Wildman–Crippen LogP) is 0.639. The molecule has 2 fully saturated rings. The summed E-state index contributed by atoms with van der Waals surface area (Å²) in [6.07, 6.45) is 0.920. The minimum Gasteiger partial charge on any atom is -0.444 e. The number of hydrogen-bond donors (Lipinski definition) is 1. The summed E-state index contributed by atoms with van der Waals surface area (Å²) in [6, 6.07) is 1.02. The molecule has 2 aliphatic heterocycles. The molecule has 2 aliphatic rings. The monoisotopic (exact) mass is 241 g/mol. The fraction of sp³-hybridized carbons (Fsp3) is 0.917. The summed E-state index contributed by atoms with van der Waals surface area (Å²) in [5, 5.41) is 0. The van der Waals surface area contributed by atoms with Gasteiger partial charge in [0.15, 0.2) is 0 Å². The fourth-order valence-electron chi connectivity index (χ4n) is 2.60. The van der Waals surface area contributed by atoms with Crippen molar-refractivity contribution in [3.05, 3.63) is 0 Å². The summed E-state index contributed by atoms with van der Waals surface area (Å²) in [6.45, 7) is 8.88. The third-order valence-corrected chi connectivity index (χ3v) is 3.47. The zero-order chi connectivity index (χ0) is 12.6. The van der Waals surface area contributed by atoms with Crippen molar-refractivity contribution in [2.45, 2.75) is 44.9 Å². The smallest absolute Gasteiger partial charge is 0.410 e. The summed E-state index contributed by atoms with van der Waals surface area (Å²) in [4.78, 5) is 16.1. The van der Waals surface area contributed by atoms with E-state index < -0.39 is 5.60 Å². The maximum Gasteiger partial charge on any atom is 0.410 e. The van der Waals surface area contributed by atoms with Gasteiger partial charge in [0.25, 0.3) is 0 Å². The summed E-state index contributed by atoms with van der Waals surface area (Å²) in [5.41, 5.74) is 5.26. The molecule has 5 heteroatoms. The van der Waals surface area contributed by atoms with Crippen LogP contribution in [0.3, 0.4) is 0 Å². The third-order valence-electron chi connectivity index (χ3n) is 3.47. The van der Waals surface area contributed by atoms with Crippen LogP contribution < -0.4 is 5.73 Å². The molecule has 2 N–H and O–H groups in total. The van der Waals surface area contributed by atoms with E-state index in [-0.39, 0.29) is 6.09 Å². The molecular weight excluding hydrogens is 218 g/mol. The number of fused-ring (bicyclic) bond motifs is 1. The minimum atomic E-state index is -0.409. The molecule has 0 aliphatic carbocycles. The molecule has 2 atom stereocenters. The number of carbonyl (C=O) groups excluding carboxylic acids is 1. The molecule has 2 saturated heterocycles. The van der Waals surface area contributed by atoms with Crippen LogP contribution in [-0.4, -0.2) is 59.8 Å². The van der Waals surface area contributed by atoms with Crippen LogP contribution in [0.2, 0.25) is 0 Å². The first kappa shape index (κ1) is 12.6. The zero-order valence-electron chi connectivity index (χ0n) is 11.0. The molecule has 1 amide bonds. The molecule has 0 unspecified atom stereocenters. The second-order valence-corrected chi connectivity index (χ2v) is 5.94. The third kappa shape index (κ3) is 2.72. The van der Waals surface area contributed by atoms with Crippen LogP contribution in [0, 0.1) is 0 Å². The second-order valence-electron chi connectivity index (χ2n) is 5.94. The van der Waals surface area contributed by atoms with Crippen LogP contribution in [0.15, 0.2) is 0 Å². The van der Waals surface area contributed by atoms with E-state index in [4.69, 9.17) is 10.5 Å². The molecule has 0 spiro atoms. The molecule has 98 valence electrons. The quantitative estimate of drug-likeness (QED) is 0.732. The van der Waals surface area contributed by atoms with Gasteiger partial charge in [0, 0.05) is 38.3 Å². The number of amides is 1. The molecule has 0 aromatic heterocycles. The topological polar surface area (TPSA) is 58.8 Å². The van der Waals surface area contributed by atoms with Gasteiger partial charge < -0.3 is 15.4 Å². The largest absolute Gasteiger partial charge is 0.444 e. The maximum absolute atomic E-state index is 11.9. The first-order valence-corrected chi connectivity index (χ1v) is 6.34. The lowest BCUT2D eigenvalue weighted by Crippen LogP contribution is -2.67. The van der Waals surface area contributed by atoms with Crippen LogP contribution in [0.1, 0.15) is 27.2 Å². The predicted molar refractivity (Wildman–Crippen MR) is 65.8 cm³/mol. The molecule has 5 nitrogen and oxygen atoms in total. The molecule has 2 rings (SSSR count). The number of ether oxygens (including phenoxy) is 1. The first-order chi connectivity index (χ1) is 7.90. The van der Waals surface area contributed by atoms with Gasteiger partial charge in [-0.1, -0.05) is 0 Å². The Balaban J connectivity index is 1.84. The van der Waals surface area contributed by atoms with Crippen molar-refractivity contribution in [3.63, 3.8) is 0 Å². The summed E-state index contributed by atoms with van der Waals surface area (Å²) in [5.74, 6) is 0. The van der Waals surface area contributed by atoms with Crippen LogP contribution in [0.5, 0.6) is 0 Å². The van der Waals surface area contributed by atoms with Crippen molar-refractivity contribution in [1.82, 2.24) is 9.80 Å². The van der Waals surface area contributed by atoms with Crippen LogP contribution in [-0.2, 0) is 4.74 Å². The van der Waals surface area contributed by atoms with Crippen molar-refractivity contribution < 1.29 is 9.53 Å². The Morgan fingerprint density at radius 1 is 1.41 bits per heavy atom. The van der Waals surface area contributed by atoms with Crippen molar-refractivity contribution in [2.75, 3.05) is 26.2 Å². The van der Waals surface area contributed by atoms with E-state index in [9.17, 15) is 4.79 Å². The van der Waals surface area contributed by atoms with Gasteiger partial charge in [-0.2, -0.15) is 0 Å². The molecule has 0 aromatic carbocycles. The number of nitrogens with zero attached hydrogens (tertiary/aromatic N) is 2. The van der Waals surface area contributed by atoms with Crippen LogP contribution >= 0.6 is 0 Å². The average Bonchev–Trinajstić information content (AvgIpc) is 2.17. The normalized spacial score (nSPS) is 29.5. The number of nitrogens with two attached hydrogens (primary N) is 1. The van der Waals surface area contributed by atoms with Gasteiger partial charge in [-0.3, -0.25) is 4.90 Å². The molecule has 0 aromatic rings. The lowest BCUT2D eigenvalue weighted by molar-refractivity contribution is -0.0498.